The predicted octanol–water partition coefficient (Wildman–Crippen LogP) is 3.49. The Balaban J connectivity index is 1.64. The molecule has 6 nitrogen and oxygen atoms in total. The maximum atomic E-state index is 5.67. The molecule has 7 heteroatoms. The van der Waals surface area contributed by atoms with Crippen LogP contribution in [0.3, 0.4) is 0 Å². The van der Waals surface area contributed by atoms with Gasteiger partial charge in [0, 0.05) is 17.6 Å². The Morgan fingerprint density at radius 2 is 2.00 bits per heavy atom. The van der Waals surface area contributed by atoms with Crippen LogP contribution in [-0.2, 0) is 13.1 Å². The largest absolute Gasteiger partial charge is 0.384 e. The molecule has 3 N–H and O–H groups in total. The summed E-state index contributed by atoms with van der Waals surface area (Å²) in [7, 11) is 0. The van der Waals surface area contributed by atoms with E-state index >= 15 is 0 Å². The minimum atomic E-state index is 0.537. The standard InChI is InChI=1S/C19H24N6S/c1-12-13(2)26-19-17(12)18(22-10-14-5-6-15(20)21-9-14)23-16(24-19)11-25-7-3-4-8-25/h5-6,9H,3-4,7-8,10-11H2,1-2H3,(H2,20,21)(H,22,23,24). The van der Waals surface area contributed by atoms with Crippen LogP contribution in [0.25, 0.3) is 10.2 Å². The number of rotatable bonds is 5. The van der Waals surface area contributed by atoms with Gasteiger partial charge in [-0.15, -0.1) is 11.3 Å². The van der Waals surface area contributed by atoms with Gasteiger partial charge in [-0.2, -0.15) is 0 Å². The van der Waals surface area contributed by atoms with Crippen molar-refractivity contribution < 1.29 is 0 Å². The van der Waals surface area contributed by atoms with E-state index in [-0.39, 0.29) is 0 Å². The number of hydrogen-bond donors (Lipinski definition) is 2. The van der Waals surface area contributed by atoms with Crippen LogP contribution in [0.5, 0.6) is 0 Å². The van der Waals surface area contributed by atoms with Gasteiger partial charge in [0.1, 0.15) is 22.3 Å². The highest BCUT2D eigenvalue weighted by molar-refractivity contribution is 7.18. The number of nitrogen functional groups attached to an aromatic ring is 1. The molecule has 0 saturated carbocycles. The fourth-order valence-electron chi connectivity index (χ4n) is 3.36. The highest BCUT2D eigenvalue weighted by Crippen LogP contribution is 2.33. The van der Waals surface area contributed by atoms with Crippen molar-refractivity contribution >= 4 is 33.2 Å². The molecule has 4 rings (SSSR count). The zero-order valence-corrected chi connectivity index (χ0v) is 16.1. The highest BCUT2D eigenvalue weighted by Gasteiger charge is 2.18. The Kier molecular flexibility index (Phi) is 4.74. The molecule has 1 aliphatic rings. The maximum absolute atomic E-state index is 5.67. The number of nitrogens with one attached hydrogen (secondary N) is 1. The topological polar surface area (TPSA) is 80.0 Å². The van der Waals surface area contributed by atoms with Crippen molar-refractivity contribution in [2.45, 2.75) is 39.8 Å². The molecule has 3 aromatic rings. The Morgan fingerprint density at radius 1 is 1.19 bits per heavy atom. The summed E-state index contributed by atoms with van der Waals surface area (Å²) in [5.74, 6) is 2.36. The average Bonchev–Trinajstić information content (AvgIpc) is 3.23. The number of anilines is 2. The van der Waals surface area contributed by atoms with Crippen molar-refractivity contribution in [3.8, 4) is 0 Å². The smallest absolute Gasteiger partial charge is 0.146 e. The van der Waals surface area contributed by atoms with E-state index in [1.165, 1.54) is 23.3 Å². The number of aromatic nitrogens is 3. The number of nitrogens with zero attached hydrogens (tertiary/aromatic N) is 4. The van der Waals surface area contributed by atoms with E-state index in [0.717, 1.165) is 47.1 Å². The Bertz CT molecular complexity index is 912. The maximum Gasteiger partial charge on any atom is 0.146 e. The second kappa shape index (κ2) is 7.17. The lowest BCUT2D eigenvalue weighted by Crippen LogP contribution is -2.20. The molecular weight excluding hydrogens is 344 g/mol. The van der Waals surface area contributed by atoms with Crippen LogP contribution >= 0.6 is 11.3 Å². The number of pyridine rings is 1. The number of nitrogens with two attached hydrogens (primary N) is 1. The van der Waals surface area contributed by atoms with E-state index in [4.69, 9.17) is 15.7 Å². The molecule has 0 amide bonds. The van der Waals surface area contributed by atoms with E-state index in [0.29, 0.717) is 12.4 Å². The van der Waals surface area contributed by atoms with Gasteiger partial charge in [-0.25, -0.2) is 15.0 Å². The Morgan fingerprint density at radius 3 is 2.73 bits per heavy atom. The fraction of sp³-hybridized carbons (Fsp3) is 0.421. The molecule has 0 spiro atoms. The lowest BCUT2D eigenvalue weighted by atomic mass is 10.2. The molecule has 0 bridgehead atoms. The first-order chi connectivity index (χ1) is 12.6. The lowest BCUT2D eigenvalue weighted by molar-refractivity contribution is 0.323. The van der Waals surface area contributed by atoms with Gasteiger partial charge in [-0.3, -0.25) is 4.90 Å². The van der Waals surface area contributed by atoms with Crippen LogP contribution in [0.15, 0.2) is 18.3 Å². The highest BCUT2D eigenvalue weighted by atomic mass is 32.1. The van der Waals surface area contributed by atoms with Gasteiger partial charge in [0.15, 0.2) is 0 Å². The quantitative estimate of drug-likeness (QED) is 0.717. The SMILES string of the molecule is Cc1sc2nc(CN3CCCC3)nc(NCc3ccc(N)nc3)c2c1C. The van der Waals surface area contributed by atoms with E-state index in [1.54, 1.807) is 17.5 Å². The summed E-state index contributed by atoms with van der Waals surface area (Å²) in [5.41, 5.74) is 8.01. The van der Waals surface area contributed by atoms with E-state index in [9.17, 15) is 0 Å². The Hall–Kier alpha value is -2.25. The van der Waals surface area contributed by atoms with Crippen molar-refractivity contribution in [2.75, 3.05) is 24.1 Å². The summed E-state index contributed by atoms with van der Waals surface area (Å²) in [4.78, 5) is 18.7. The van der Waals surface area contributed by atoms with Gasteiger partial charge >= 0.3 is 0 Å². The summed E-state index contributed by atoms with van der Waals surface area (Å²) >= 11 is 1.75. The number of fused-ring (bicyclic) bond motifs is 1. The second-order valence-electron chi connectivity index (χ2n) is 6.88. The number of aryl methyl sites for hydroxylation is 2. The van der Waals surface area contributed by atoms with Crippen molar-refractivity contribution in [1.82, 2.24) is 19.9 Å². The third-order valence-corrected chi connectivity index (χ3v) is 6.05. The predicted molar refractivity (Wildman–Crippen MR) is 107 cm³/mol. The molecule has 4 heterocycles. The second-order valence-corrected chi connectivity index (χ2v) is 8.08. The van der Waals surface area contributed by atoms with E-state index < -0.39 is 0 Å². The summed E-state index contributed by atoms with van der Waals surface area (Å²) in [6, 6.07) is 3.82. The fourth-order valence-corrected chi connectivity index (χ4v) is 4.41. The van der Waals surface area contributed by atoms with Gasteiger partial charge in [-0.1, -0.05) is 6.07 Å². The zero-order valence-electron chi connectivity index (χ0n) is 15.2. The van der Waals surface area contributed by atoms with Gasteiger partial charge in [0.25, 0.3) is 0 Å². The number of thiophene rings is 1. The van der Waals surface area contributed by atoms with Crippen molar-refractivity contribution in [3.05, 3.63) is 40.2 Å². The minimum Gasteiger partial charge on any atom is -0.384 e. The molecule has 136 valence electrons. The summed E-state index contributed by atoms with van der Waals surface area (Å²) < 4.78 is 0. The zero-order chi connectivity index (χ0) is 18.1. The molecule has 1 fully saturated rings. The molecule has 0 radical (unpaired) electrons. The first-order valence-corrected chi connectivity index (χ1v) is 9.85. The average molecular weight is 369 g/mol. The monoisotopic (exact) mass is 368 g/mol. The first-order valence-electron chi connectivity index (χ1n) is 9.03. The van der Waals surface area contributed by atoms with Crippen LogP contribution in [0, 0.1) is 13.8 Å². The number of likely N-dealkylation sites (tertiary alicyclic amines) is 1. The van der Waals surface area contributed by atoms with Crippen LogP contribution in [0.4, 0.5) is 11.6 Å². The molecule has 0 atom stereocenters. The van der Waals surface area contributed by atoms with Gasteiger partial charge in [-0.05, 0) is 57.0 Å². The molecule has 0 aromatic carbocycles. The van der Waals surface area contributed by atoms with Crippen molar-refractivity contribution in [2.24, 2.45) is 0 Å². The van der Waals surface area contributed by atoms with Crippen LogP contribution in [-0.4, -0.2) is 32.9 Å². The van der Waals surface area contributed by atoms with Crippen LogP contribution in [0.1, 0.15) is 34.7 Å². The van der Waals surface area contributed by atoms with Gasteiger partial charge < -0.3 is 11.1 Å². The molecule has 26 heavy (non-hydrogen) atoms. The van der Waals surface area contributed by atoms with E-state index in [1.807, 2.05) is 12.1 Å². The summed E-state index contributed by atoms with van der Waals surface area (Å²) in [6.07, 6.45) is 4.35. The van der Waals surface area contributed by atoms with Crippen LogP contribution in [0.2, 0.25) is 0 Å². The lowest BCUT2D eigenvalue weighted by Gasteiger charge is -2.15. The van der Waals surface area contributed by atoms with Crippen molar-refractivity contribution in [1.29, 1.82) is 0 Å². The summed E-state index contributed by atoms with van der Waals surface area (Å²) in [6.45, 7) is 8.07. The van der Waals surface area contributed by atoms with E-state index in [2.05, 4.69) is 29.0 Å². The van der Waals surface area contributed by atoms with Crippen molar-refractivity contribution in [3.63, 3.8) is 0 Å². The third kappa shape index (κ3) is 3.50. The molecule has 3 aromatic heterocycles. The van der Waals surface area contributed by atoms with Gasteiger partial charge in [0.05, 0.1) is 11.9 Å². The first kappa shape index (κ1) is 17.2. The summed E-state index contributed by atoms with van der Waals surface area (Å²) in [5, 5.41) is 4.64. The molecule has 0 unspecified atom stereocenters. The molecule has 0 aliphatic carbocycles. The van der Waals surface area contributed by atoms with Gasteiger partial charge in [0.2, 0.25) is 0 Å². The molecule has 1 aliphatic heterocycles. The molecule has 1 saturated heterocycles. The van der Waals surface area contributed by atoms with Crippen LogP contribution < -0.4 is 11.1 Å². The normalized spacial score (nSPS) is 15.0. The Labute approximate surface area is 157 Å². The molecular formula is C19H24N6S. The minimum absolute atomic E-state index is 0.537. The third-order valence-electron chi connectivity index (χ3n) is 4.95. The number of hydrogen-bond acceptors (Lipinski definition) is 7.